The molecule has 0 radical (unpaired) electrons. The minimum absolute atomic E-state index is 0.00868. The van der Waals surface area contributed by atoms with E-state index in [2.05, 4.69) is 10.1 Å². The van der Waals surface area contributed by atoms with Crippen LogP contribution in [-0.2, 0) is 0 Å². The maximum atomic E-state index is 13.2. The van der Waals surface area contributed by atoms with Gasteiger partial charge in [-0.2, -0.15) is 4.98 Å². The fourth-order valence-corrected chi connectivity index (χ4v) is 1.81. The number of phenolic OH excluding ortho intramolecular Hbond substituents is 1. The van der Waals surface area contributed by atoms with E-state index in [0.717, 1.165) is 30.3 Å². The molecule has 0 bridgehead atoms. The summed E-state index contributed by atoms with van der Waals surface area (Å²) in [4.78, 5) is 3.90. The van der Waals surface area contributed by atoms with Gasteiger partial charge in [0, 0.05) is 11.6 Å². The number of nitrogens with zero attached hydrogens (tertiary/aromatic N) is 2. The van der Waals surface area contributed by atoms with Crippen molar-refractivity contribution in [2.24, 2.45) is 0 Å². The van der Waals surface area contributed by atoms with Crippen molar-refractivity contribution < 1.29 is 22.8 Å². The zero-order valence-electron chi connectivity index (χ0n) is 10.3. The second-order valence-electron chi connectivity index (χ2n) is 4.24. The van der Waals surface area contributed by atoms with Crippen molar-refractivity contribution in [1.29, 1.82) is 0 Å². The molecule has 106 valence electrons. The number of benzene rings is 2. The molecule has 0 saturated heterocycles. The molecular formula is C14H7F3N2O2. The number of halogens is 3. The first-order chi connectivity index (χ1) is 10.0. The Labute approximate surface area is 116 Å². The molecule has 21 heavy (non-hydrogen) atoms. The van der Waals surface area contributed by atoms with Crippen LogP contribution in [0.5, 0.6) is 5.75 Å². The van der Waals surface area contributed by atoms with Crippen LogP contribution in [0.4, 0.5) is 13.2 Å². The summed E-state index contributed by atoms with van der Waals surface area (Å²) >= 11 is 0. The van der Waals surface area contributed by atoms with Crippen LogP contribution in [0.2, 0.25) is 0 Å². The number of rotatable bonds is 2. The van der Waals surface area contributed by atoms with Crippen LogP contribution in [0, 0.1) is 17.5 Å². The maximum Gasteiger partial charge on any atom is 0.262 e. The Bertz CT molecular complexity index is 797. The summed E-state index contributed by atoms with van der Waals surface area (Å²) in [5.41, 5.74) is 0.0593. The minimum Gasteiger partial charge on any atom is -0.507 e. The van der Waals surface area contributed by atoms with Crippen LogP contribution in [0.15, 0.2) is 40.9 Å². The first kappa shape index (κ1) is 13.2. The van der Waals surface area contributed by atoms with E-state index in [0.29, 0.717) is 6.07 Å². The summed E-state index contributed by atoms with van der Waals surface area (Å²) in [6.45, 7) is 0. The summed E-state index contributed by atoms with van der Waals surface area (Å²) in [6.07, 6.45) is 0. The molecule has 3 rings (SSSR count). The molecule has 2 aromatic carbocycles. The molecule has 0 amide bonds. The largest absolute Gasteiger partial charge is 0.507 e. The topological polar surface area (TPSA) is 59.2 Å². The molecule has 0 spiro atoms. The van der Waals surface area contributed by atoms with Gasteiger partial charge in [0.25, 0.3) is 5.89 Å². The third-order valence-electron chi connectivity index (χ3n) is 2.74. The first-order valence-corrected chi connectivity index (χ1v) is 5.82. The lowest BCUT2D eigenvalue weighted by molar-refractivity contribution is 0.425. The highest BCUT2D eigenvalue weighted by atomic mass is 19.1. The lowest BCUT2D eigenvalue weighted by Crippen LogP contribution is -1.86. The lowest BCUT2D eigenvalue weighted by Gasteiger charge is -1.98. The highest BCUT2D eigenvalue weighted by Crippen LogP contribution is 2.30. The fourth-order valence-electron chi connectivity index (χ4n) is 1.81. The predicted molar refractivity (Wildman–Crippen MR) is 66.7 cm³/mol. The van der Waals surface area contributed by atoms with Gasteiger partial charge in [-0.3, -0.25) is 0 Å². The molecule has 1 heterocycles. The average Bonchev–Trinajstić information content (AvgIpc) is 2.90. The first-order valence-electron chi connectivity index (χ1n) is 5.82. The monoisotopic (exact) mass is 292 g/mol. The van der Waals surface area contributed by atoms with Gasteiger partial charge in [0.1, 0.15) is 23.2 Å². The average molecular weight is 292 g/mol. The molecular weight excluding hydrogens is 285 g/mol. The zero-order chi connectivity index (χ0) is 15.0. The van der Waals surface area contributed by atoms with Crippen LogP contribution in [0.3, 0.4) is 0 Å². The molecule has 0 saturated carbocycles. The van der Waals surface area contributed by atoms with Crippen molar-refractivity contribution >= 4 is 0 Å². The number of hydrogen-bond donors (Lipinski definition) is 1. The van der Waals surface area contributed by atoms with Gasteiger partial charge in [0.15, 0.2) is 0 Å². The Balaban J connectivity index is 2.05. The van der Waals surface area contributed by atoms with E-state index in [4.69, 9.17) is 4.52 Å². The normalized spacial score (nSPS) is 10.8. The molecule has 0 aliphatic rings. The highest BCUT2D eigenvalue weighted by molar-refractivity contribution is 5.64. The summed E-state index contributed by atoms with van der Waals surface area (Å²) in [5.74, 6) is -2.66. The highest BCUT2D eigenvalue weighted by Gasteiger charge is 2.15. The third kappa shape index (κ3) is 2.58. The van der Waals surface area contributed by atoms with E-state index in [1.165, 1.54) is 0 Å². The molecule has 0 fully saturated rings. The van der Waals surface area contributed by atoms with Crippen molar-refractivity contribution in [3.63, 3.8) is 0 Å². The SMILES string of the molecule is Oc1ccc(F)cc1-c1nc(-c2cc(F)cc(F)c2)no1. The van der Waals surface area contributed by atoms with E-state index in [-0.39, 0.29) is 28.6 Å². The molecule has 7 heteroatoms. The van der Waals surface area contributed by atoms with E-state index in [9.17, 15) is 18.3 Å². The van der Waals surface area contributed by atoms with Gasteiger partial charge in [0.2, 0.25) is 5.82 Å². The summed E-state index contributed by atoms with van der Waals surface area (Å²) in [7, 11) is 0. The van der Waals surface area contributed by atoms with Gasteiger partial charge < -0.3 is 9.63 Å². The fraction of sp³-hybridized carbons (Fsp3) is 0. The van der Waals surface area contributed by atoms with Gasteiger partial charge in [-0.05, 0) is 30.3 Å². The molecule has 3 aromatic rings. The zero-order valence-corrected chi connectivity index (χ0v) is 10.3. The van der Waals surface area contributed by atoms with Gasteiger partial charge in [-0.15, -0.1) is 0 Å². The molecule has 0 aliphatic carbocycles. The molecule has 1 aromatic heterocycles. The van der Waals surface area contributed by atoms with Crippen molar-refractivity contribution in [2.45, 2.75) is 0 Å². The summed E-state index contributed by atoms with van der Waals surface area (Å²) < 4.78 is 44.3. The number of phenols is 1. The number of aromatic nitrogens is 2. The van der Waals surface area contributed by atoms with Crippen LogP contribution < -0.4 is 0 Å². The van der Waals surface area contributed by atoms with E-state index in [1.807, 2.05) is 0 Å². The molecule has 0 aliphatic heterocycles. The maximum absolute atomic E-state index is 13.2. The Kier molecular flexibility index (Phi) is 3.09. The van der Waals surface area contributed by atoms with Crippen LogP contribution in [0.25, 0.3) is 22.8 Å². The van der Waals surface area contributed by atoms with Crippen molar-refractivity contribution in [1.82, 2.24) is 10.1 Å². The second-order valence-corrected chi connectivity index (χ2v) is 4.24. The van der Waals surface area contributed by atoms with Crippen LogP contribution in [-0.4, -0.2) is 15.2 Å². The third-order valence-corrected chi connectivity index (χ3v) is 2.74. The van der Waals surface area contributed by atoms with E-state index in [1.54, 1.807) is 0 Å². The number of hydrogen-bond acceptors (Lipinski definition) is 4. The summed E-state index contributed by atoms with van der Waals surface area (Å²) in [6, 6.07) is 5.99. The Morgan fingerprint density at radius 3 is 2.33 bits per heavy atom. The molecule has 0 atom stereocenters. The van der Waals surface area contributed by atoms with Crippen LogP contribution in [0.1, 0.15) is 0 Å². The molecule has 0 unspecified atom stereocenters. The minimum atomic E-state index is -0.787. The Morgan fingerprint density at radius 1 is 0.905 bits per heavy atom. The smallest absolute Gasteiger partial charge is 0.262 e. The Hall–Kier alpha value is -2.83. The molecule has 4 nitrogen and oxygen atoms in total. The van der Waals surface area contributed by atoms with Gasteiger partial charge >= 0.3 is 0 Å². The van der Waals surface area contributed by atoms with E-state index >= 15 is 0 Å². The van der Waals surface area contributed by atoms with Crippen molar-refractivity contribution in [2.75, 3.05) is 0 Å². The van der Waals surface area contributed by atoms with E-state index < -0.39 is 17.5 Å². The second kappa shape index (κ2) is 4.93. The summed E-state index contributed by atoms with van der Waals surface area (Å²) in [5, 5.41) is 13.2. The Morgan fingerprint density at radius 2 is 1.62 bits per heavy atom. The quantitative estimate of drug-likeness (QED) is 0.785. The van der Waals surface area contributed by atoms with Gasteiger partial charge in [0.05, 0.1) is 5.56 Å². The standard InChI is InChI=1S/C14H7F3N2O2/c15-8-1-2-12(20)11(6-8)14-18-13(19-21-14)7-3-9(16)5-10(17)4-7/h1-6,20H. The predicted octanol–water partition coefficient (Wildman–Crippen LogP) is 3.53. The van der Waals surface area contributed by atoms with Crippen LogP contribution >= 0.6 is 0 Å². The lowest BCUT2D eigenvalue weighted by atomic mass is 10.2. The van der Waals surface area contributed by atoms with Crippen molar-refractivity contribution in [3.05, 3.63) is 53.8 Å². The van der Waals surface area contributed by atoms with Gasteiger partial charge in [-0.25, -0.2) is 13.2 Å². The van der Waals surface area contributed by atoms with Crippen molar-refractivity contribution in [3.8, 4) is 28.6 Å². The van der Waals surface area contributed by atoms with Gasteiger partial charge in [-0.1, -0.05) is 5.16 Å². The number of aromatic hydroxyl groups is 1. The molecule has 1 N–H and O–H groups in total.